The molecule has 1 saturated heterocycles. The Balaban J connectivity index is -0.000000661. The highest BCUT2D eigenvalue weighted by Crippen LogP contribution is 2.30. The van der Waals surface area contributed by atoms with Gasteiger partial charge in [0.15, 0.2) is 11.5 Å². The zero-order valence-corrected chi connectivity index (χ0v) is 23.8. The van der Waals surface area contributed by atoms with Crippen LogP contribution in [0.25, 0.3) is 0 Å². The van der Waals surface area contributed by atoms with Crippen LogP contribution in [0.4, 0.5) is 0 Å². The fraction of sp³-hybridized carbons (Fsp3) is 0.767. The second kappa shape index (κ2) is 28.5. The van der Waals surface area contributed by atoms with Gasteiger partial charge < -0.3 is 19.7 Å². The number of fused-ring (bicyclic) bond motifs is 1. The van der Waals surface area contributed by atoms with Crippen LogP contribution in [0, 0.1) is 0 Å². The largest absolute Gasteiger partial charge is 0.486 e. The number of benzene rings is 1. The first kappa shape index (κ1) is 37.8. The van der Waals surface area contributed by atoms with Crippen molar-refractivity contribution < 1.29 is 14.3 Å². The molecule has 5 heteroatoms. The molecule has 0 radical (unpaired) electrons. The van der Waals surface area contributed by atoms with E-state index in [4.69, 9.17) is 9.47 Å². The molecule has 0 unspecified atom stereocenters. The molecule has 0 atom stereocenters. The highest BCUT2D eigenvalue weighted by Gasteiger charge is 2.11. The fourth-order valence-electron chi connectivity index (χ4n) is 3.44. The molecule has 2 aliphatic rings. The molecule has 0 saturated carbocycles. The molecule has 35 heavy (non-hydrogen) atoms. The molecule has 1 amide bonds. The summed E-state index contributed by atoms with van der Waals surface area (Å²) < 4.78 is 11.1. The van der Waals surface area contributed by atoms with Crippen LogP contribution in [-0.2, 0) is 11.2 Å². The second-order valence-electron chi connectivity index (χ2n) is 7.75. The molecule has 0 aliphatic carbocycles. The van der Waals surface area contributed by atoms with Crippen molar-refractivity contribution in [2.75, 3.05) is 39.9 Å². The van der Waals surface area contributed by atoms with Gasteiger partial charge in [0.05, 0.1) is 0 Å². The van der Waals surface area contributed by atoms with E-state index in [1.54, 1.807) is 0 Å². The van der Waals surface area contributed by atoms with Crippen LogP contribution in [0.5, 0.6) is 11.5 Å². The van der Waals surface area contributed by atoms with Crippen LogP contribution in [0.1, 0.15) is 113 Å². The third-order valence-corrected chi connectivity index (χ3v) is 5.18. The number of nitrogens with one attached hydrogen (secondary N) is 1. The van der Waals surface area contributed by atoms with Gasteiger partial charge in [-0.2, -0.15) is 0 Å². The molecule has 1 fully saturated rings. The first-order valence-electron chi connectivity index (χ1n) is 14.0. The van der Waals surface area contributed by atoms with Crippen molar-refractivity contribution in [3.05, 3.63) is 23.8 Å². The Bertz CT molecular complexity index is 573. The average Bonchev–Trinajstić information content (AvgIpc) is 3.39. The Kier molecular flexibility index (Phi) is 30.8. The molecule has 1 N–H and O–H groups in total. The summed E-state index contributed by atoms with van der Waals surface area (Å²) >= 11 is 0. The van der Waals surface area contributed by atoms with Crippen molar-refractivity contribution in [3.8, 4) is 11.5 Å². The lowest BCUT2D eigenvalue weighted by Crippen LogP contribution is -2.25. The lowest BCUT2D eigenvalue weighted by Gasteiger charge is -2.18. The average molecular weight is 497 g/mol. The van der Waals surface area contributed by atoms with Gasteiger partial charge in [-0.05, 0) is 63.5 Å². The molecular formula is C30H60N2O3. The molecule has 2 aliphatic heterocycles. The van der Waals surface area contributed by atoms with Gasteiger partial charge in [-0.15, -0.1) is 0 Å². The summed E-state index contributed by atoms with van der Waals surface area (Å²) in [6.07, 6.45) is 10.2. The van der Waals surface area contributed by atoms with Crippen LogP contribution in [-0.4, -0.2) is 50.7 Å². The summed E-state index contributed by atoms with van der Waals surface area (Å²) in [4.78, 5) is 14.1. The zero-order valence-electron chi connectivity index (χ0n) is 23.8. The van der Waals surface area contributed by atoms with E-state index in [0.29, 0.717) is 26.2 Å². The van der Waals surface area contributed by atoms with Crippen LogP contribution in [0.2, 0.25) is 0 Å². The number of rotatable bonds is 9. The van der Waals surface area contributed by atoms with Gasteiger partial charge in [-0.25, -0.2) is 0 Å². The Morgan fingerprint density at radius 1 is 0.886 bits per heavy atom. The van der Waals surface area contributed by atoms with Crippen molar-refractivity contribution in [2.45, 2.75) is 114 Å². The smallest absolute Gasteiger partial charge is 0.220 e. The van der Waals surface area contributed by atoms with Gasteiger partial charge in [0.2, 0.25) is 5.91 Å². The van der Waals surface area contributed by atoms with Crippen LogP contribution in [0.3, 0.4) is 0 Å². The summed E-state index contributed by atoms with van der Waals surface area (Å²) in [5.41, 5.74) is 1.16. The molecule has 0 aromatic heterocycles. The predicted molar refractivity (Wildman–Crippen MR) is 155 cm³/mol. The van der Waals surface area contributed by atoms with Crippen LogP contribution >= 0.6 is 0 Å². The number of amides is 1. The van der Waals surface area contributed by atoms with E-state index < -0.39 is 0 Å². The first-order valence-corrected chi connectivity index (χ1v) is 14.0. The summed E-state index contributed by atoms with van der Waals surface area (Å²) in [7, 11) is 2.17. The van der Waals surface area contributed by atoms with E-state index in [0.717, 1.165) is 36.3 Å². The SMILES string of the molecule is C.CC.CC.CC.CCCCCCCC(=O)NCCc1ccc2c(c1)OCCO2.CN1CCCC1. The first-order chi connectivity index (χ1) is 16.7. The lowest BCUT2D eigenvalue weighted by molar-refractivity contribution is -0.121. The van der Waals surface area contributed by atoms with E-state index in [9.17, 15) is 4.79 Å². The molecule has 0 bridgehead atoms. The van der Waals surface area contributed by atoms with E-state index in [1.165, 1.54) is 45.2 Å². The van der Waals surface area contributed by atoms with E-state index in [1.807, 2.05) is 59.7 Å². The molecule has 2 heterocycles. The number of ether oxygens (including phenoxy) is 2. The van der Waals surface area contributed by atoms with Crippen LogP contribution < -0.4 is 14.8 Å². The lowest BCUT2D eigenvalue weighted by atomic mass is 10.1. The van der Waals surface area contributed by atoms with Gasteiger partial charge in [-0.3, -0.25) is 4.79 Å². The van der Waals surface area contributed by atoms with Crippen molar-refractivity contribution in [1.82, 2.24) is 10.2 Å². The Morgan fingerprint density at radius 3 is 2.00 bits per heavy atom. The van der Waals surface area contributed by atoms with Gasteiger partial charge >= 0.3 is 0 Å². The van der Waals surface area contributed by atoms with E-state index in [2.05, 4.69) is 24.2 Å². The van der Waals surface area contributed by atoms with Gasteiger partial charge in [-0.1, -0.05) is 87.6 Å². The summed E-state index contributed by atoms with van der Waals surface area (Å²) in [5, 5.41) is 2.99. The summed E-state index contributed by atoms with van der Waals surface area (Å²) in [6, 6.07) is 5.98. The van der Waals surface area contributed by atoms with Gasteiger partial charge in [0.1, 0.15) is 13.2 Å². The van der Waals surface area contributed by atoms with E-state index >= 15 is 0 Å². The highest BCUT2D eigenvalue weighted by molar-refractivity contribution is 5.75. The Morgan fingerprint density at radius 2 is 1.46 bits per heavy atom. The normalized spacial score (nSPS) is 13.0. The van der Waals surface area contributed by atoms with Crippen LogP contribution in [0.15, 0.2) is 18.2 Å². The molecule has 3 rings (SSSR count). The van der Waals surface area contributed by atoms with Gasteiger partial charge in [0, 0.05) is 13.0 Å². The van der Waals surface area contributed by atoms with Gasteiger partial charge in [0.25, 0.3) is 0 Å². The standard InChI is InChI=1S/C18H27NO3.C5H11N.3C2H6.CH4/c1-2-3-4-5-6-7-18(20)19-11-10-15-8-9-16-17(14-15)22-13-12-21-16;1-6-4-2-3-5-6;3*1-2;/h8-9,14H,2-7,10-13H2,1H3,(H,19,20);2-5H2,1H3;3*1-2H3;1H4. The Labute approximate surface area is 219 Å². The zero-order chi connectivity index (χ0) is 26.0. The number of hydrogen-bond donors (Lipinski definition) is 1. The maximum absolute atomic E-state index is 11.7. The fourth-order valence-corrected chi connectivity index (χ4v) is 3.44. The highest BCUT2D eigenvalue weighted by atomic mass is 16.6. The Hall–Kier alpha value is -1.75. The van der Waals surface area contributed by atoms with Crippen molar-refractivity contribution >= 4 is 5.91 Å². The number of likely N-dealkylation sites (tertiary alicyclic amines) is 1. The predicted octanol–water partition coefficient (Wildman–Crippen LogP) is 7.90. The summed E-state index contributed by atoms with van der Waals surface area (Å²) in [6.45, 7) is 18.7. The van der Waals surface area contributed by atoms with Crippen molar-refractivity contribution in [3.63, 3.8) is 0 Å². The number of carbonyl (C=O) groups is 1. The van der Waals surface area contributed by atoms with Crippen molar-refractivity contribution in [2.24, 2.45) is 0 Å². The molecule has 1 aromatic rings. The maximum atomic E-state index is 11.7. The monoisotopic (exact) mass is 496 g/mol. The molecular weight excluding hydrogens is 436 g/mol. The third-order valence-electron chi connectivity index (χ3n) is 5.18. The molecule has 5 nitrogen and oxygen atoms in total. The minimum absolute atomic E-state index is 0. The van der Waals surface area contributed by atoms with E-state index in [-0.39, 0.29) is 13.3 Å². The topological polar surface area (TPSA) is 50.8 Å². The molecule has 1 aromatic carbocycles. The van der Waals surface area contributed by atoms with Crippen molar-refractivity contribution in [1.29, 1.82) is 0 Å². The third kappa shape index (κ3) is 20.2. The minimum Gasteiger partial charge on any atom is -0.486 e. The second-order valence-corrected chi connectivity index (χ2v) is 7.75. The molecule has 0 spiro atoms. The molecule has 208 valence electrons. The quantitative estimate of drug-likeness (QED) is 0.353. The number of unbranched alkanes of at least 4 members (excludes halogenated alkanes) is 4. The summed E-state index contributed by atoms with van der Waals surface area (Å²) in [5.74, 6) is 1.78. The number of hydrogen-bond acceptors (Lipinski definition) is 4. The number of nitrogens with zero attached hydrogens (tertiary/aromatic N) is 1. The number of carbonyl (C=O) groups excluding carboxylic acids is 1. The minimum atomic E-state index is 0. The maximum Gasteiger partial charge on any atom is 0.220 e.